The van der Waals surface area contributed by atoms with Gasteiger partial charge in [0.2, 0.25) is 5.91 Å². The van der Waals surface area contributed by atoms with Gasteiger partial charge in [-0.25, -0.2) is 0 Å². The maximum Gasteiger partial charge on any atom is 0.251 e. The largest absolute Gasteiger partial charge is 0.345 e. The van der Waals surface area contributed by atoms with Gasteiger partial charge >= 0.3 is 0 Å². The molecule has 0 atom stereocenters. The zero-order valence-corrected chi connectivity index (χ0v) is 17.4. The summed E-state index contributed by atoms with van der Waals surface area (Å²) in [6, 6.07) is 7.42. The molecular weight excluding hydrogens is 396 g/mol. The summed E-state index contributed by atoms with van der Waals surface area (Å²) < 4.78 is 1.90. The maximum absolute atomic E-state index is 12.3. The highest BCUT2D eigenvalue weighted by Gasteiger charge is 2.16. The summed E-state index contributed by atoms with van der Waals surface area (Å²) in [5.74, 6) is 1.52. The number of aromatic nitrogens is 3. The molecule has 1 aliphatic heterocycles. The van der Waals surface area contributed by atoms with Crippen LogP contribution in [0.5, 0.6) is 0 Å². The Labute approximate surface area is 172 Å². The van der Waals surface area contributed by atoms with E-state index in [1.54, 1.807) is 17.8 Å². The Morgan fingerprint density at radius 1 is 1.32 bits per heavy atom. The fraction of sp³-hybridized carbons (Fsp3) is 0.389. The van der Waals surface area contributed by atoms with E-state index in [0.717, 1.165) is 17.9 Å². The topological polar surface area (TPSA) is 101 Å². The van der Waals surface area contributed by atoms with Crippen LogP contribution in [-0.2, 0) is 17.9 Å². The first kappa shape index (κ1) is 20.4. The lowest BCUT2D eigenvalue weighted by molar-refractivity contribution is -0.117. The third kappa shape index (κ3) is 5.35. The molecule has 2 heterocycles. The fourth-order valence-corrected chi connectivity index (χ4v) is 4.18. The number of aryl methyl sites for hydroxylation is 1. The Kier molecular flexibility index (Phi) is 7.10. The number of amidine groups is 1. The minimum Gasteiger partial charge on any atom is -0.345 e. The van der Waals surface area contributed by atoms with Crippen LogP contribution in [0.4, 0.5) is 0 Å². The van der Waals surface area contributed by atoms with Gasteiger partial charge in [0, 0.05) is 17.9 Å². The Balaban J connectivity index is 1.55. The van der Waals surface area contributed by atoms with Crippen LogP contribution >= 0.6 is 23.5 Å². The minimum absolute atomic E-state index is 0.113. The van der Waals surface area contributed by atoms with Crippen molar-refractivity contribution in [3.05, 3.63) is 41.2 Å². The SMILES string of the molecule is CCn1c(CNC(=O)c2cccc(C)c2)nnc1SCC(=O)NC1=NCCS1. The monoisotopic (exact) mass is 418 g/mol. The second-order valence-corrected chi connectivity index (χ2v) is 8.09. The second-order valence-electron chi connectivity index (χ2n) is 6.07. The Hall–Kier alpha value is -2.33. The molecule has 2 aromatic rings. The van der Waals surface area contributed by atoms with Crippen molar-refractivity contribution in [2.24, 2.45) is 4.99 Å². The summed E-state index contributed by atoms with van der Waals surface area (Å²) in [6.07, 6.45) is 0. The molecule has 28 heavy (non-hydrogen) atoms. The zero-order valence-electron chi connectivity index (χ0n) is 15.8. The number of rotatable bonds is 7. The summed E-state index contributed by atoms with van der Waals surface area (Å²) in [5.41, 5.74) is 1.64. The molecule has 0 saturated heterocycles. The van der Waals surface area contributed by atoms with E-state index in [2.05, 4.69) is 25.8 Å². The van der Waals surface area contributed by atoms with E-state index in [-0.39, 0.29) is 24.1 Å². The van der Waals surface area contributed by atoms with Crippen LogP contribution in [0.1, 0.15) is 28.7 Å². The number of nitrogens with one attached hydrogen (secondary N) is 2. The molecule has 10 heteroatoms. The molecule has 0 aliphatic carbocycles. The van der Waals surface area contributed by atoms with Gasteiger partial charge in [-0.05, 0) is 26.0 Å². The van der Waals surface area contributed by atoms with E-state index in [1.807, 2.05) is 36.6 Å². The number of amides is 2. The van der Waals surface area contributed by atoms with Crippen molar-refractivity contribution in [3.63, 3.8) is 0 Å². The zero-order chi connectivity index (χ0) is 19.9. The van der Waals surface area contributed by atoms with E-state index < -0.39 is 0 Å². The first-order chi connectivity index (χ1) is 13.6. The molecule has 0 spiro atoms. The highest BCUT2D eigenvalue weighted by atomic mass is 32.2. The van der Waals surface area contributed by atoms with Crippen molar-refractivity contribution in [1.82, 2.24) is 25.4 Å². The third-order valence-corrected chi connectivity index (χ3v) is 5.82. The average Bonchev–Trinajstić information content (AvgIpc) is 3.33. The fourth-order valence-electron chi connectivity index (χ4n) is 2.62. The molecule has 2 amide bonds. The first-order valence-electron chi connectivity index (χ1n) is 8.93. The first-order valence-corrected chi connectivity index (χ1v) is 10.9. The number of thioether (sulfide) groups is 2. The molecule has 0 radical (unpaired) electrons. The molecule has 3 rings (SSSR count). The number of carbonyl (C=O) groups excluding carboxylic acids is 2. The van der Waals surface area contributed by atoms with Gasteiger partial charge < -0.3 is 15.2 Å². The van der Waals surface area contributed by atoms with Crippen LogP contribution < -0.4 is 10.6 Å². The minimum atomic E-state index is -0.155. The number of hydrogen-bond donors (Lipinski definition) is 2. The molecule has 148 valence electrons. The van der Waals surface area contributed by atoms with Crippen LogP contribution in [0.25, 0.3) is 0 Å². The predicted octanol–water partition coefficient (Wildman–Crippen LogP) is 1.85. The maximum atomic E-state index is 12.3. The van der Waals surface area contributed by atoms with Crippen molar-refractivity contribution in [2.45, 2.75) is 32.1 Å². The van der Waals surface area contributed by atoms with Crippen molar-refractivity contribution >= 4 is 40.5 Å². The highest BCUT2D eigenvalue weighted by molar-refractivity contribution is 8.14. The number of carbonyl (C=O) groups is 2. The van der Waals surface area contributed by atoms with E-state index in [9.17, 15) is 9.59 Å². The lowest BCUT2D eigenvalue weighted by Crippen LogP contribution is -2.29. The van der Waals surface area contributed by atoms with Crippen LogP contribution in [0, 0.1) is 6.92 Å². The van der Waals surface area contributed by atoms with Gasteiger partial charge in [-0.3, -0.25) is 14.6 Å². The van der Waals surface area contributed by atoms with E-state index in [4.69, 9.17) is 0 Å². The van der Waals surface area contributed by atoms with Gasteiger partial charge in [-0.1, -0.05) is 41.2 Å². The molecule has 8 nitrogen and oxygen atoms in total. The molecule has 0 bridgehead atoms. The molecule has 1 aromatic heterocycles. The summed E-state index contributed by atoms with van der Waals surface area (Å²) in [4.78, 5) is 28.6. The number of nitrogens with zero attached hydrogens (tertiary/aromatic N) is 4. The summed E-state index contributed by atoms with van der Waals surface area (Å²) in [5, 5.41) is 15.3. The normalized spacial score (nSPS) is 13.3. The third-order valence-electron chi connectivity index (χ3n) is 3.96. The summed E-state index contributed by atoms with van der Waals surface area (Å²) in [6.45, 7) is 5.59. The van der Waals surface area contributed by atoms with Crippen LogP contribution in [-0.4, -0.2) is 49.8 Å². The van der Waals surface area contributed by atoms with Gasteiger partial charge in [0.25, 0.3) is 5.91 Å². The number of aliphatic imine (C=N–C) groups is 1. The Morgan fingerprint density at radius 3 is 2.89 bits per heavy atom. The lowest BCUT2D eigenvalue weighted by atomic mass is 10.1. The van der Waals surface area contributed by atoms with Crippen molar-refractivity contribution < 1.29 is 9.59 Å². The standard InChI is InChI=1S/C18H22N6O2S2/c1-3-24-14(10-20-16(26)13-6-4-5-12(2)9-13)22-23-18(24)28-11-15(25)21-17-19-7-8-27-17/h4-6,9H,3,7-8,10-11H2,1-2H3,(H,20,26)(H,19,21,25). The second kappa shape index (κ2) is 9.74. The molecule has 1 aliphatic rings. The Morgan fingerprint density at radius 2 is 2.18 bits per heavy atom. The van der Waals surface area contributed by atoms with Gasteiger partial charge in [-0.15, -0.1) is 10.2 Å². The molecule has 0 fully saturated rings. The van der Waals surface area contributed by atoms with Crippen molar-refractivity contribution in [3.8, 4) is 0 Å². The van der Waals surface area contributed by atoms with Gasteiger partial charge in [0.05, 0.1) is 18.8 Å². The smallest absolute Gasteiger partial charge is 0.251 e. The molecule has 0 saturated carbocycles. The van der Waals surface area contributed by atoms with E-state index in [0.29, 0.717) is 28.3 Å². The lowest BCUT2D eigenvalue weighted by Gasteiger charge is -2.09. The average molecular weight is 419 g/mol. The Bertz CT molecular complexity index is 896. The van der Waals surface area contributed by atoms with Crippen LogP contribution in [0.2, 0.25) is 0 Å². The molecule has 2 N–H and O–H groups in total. The van der Waals surface area contributed by atoms with Gasteiger partial charge in [0.1, 0.15) is 0 Å². The van der Waals surface area contributed by atoms with Crippen LogP contribution in [0.15, 0.2) is 34.4 Å². The van der Waals surface area contributed by atoms with Crippen molar-refractivity contribution in [2.75, 3.05) is 18.1 Å². The molecular formula is C18H22N6O2S2. The van der Waals surface area contributed by atoms with Crippen LogP contribution in [0.3, 0.4) is 0 Å². The van der Waals surface area contributed by atoms with E-state index >= 15 is 0 Å². The molecule has 1 aromatic carbocycles. The predicted molar refractivity (Wildman–Crippen MR) is 112 cm³/mol. The summed E-state index contributed by atoms with van der Waals surface area (Å²) >= 11 is 2.86. The van der Waals surface area contributed by atoms with Gasteiger partial charge in [0.15, 0.2) is 16.1 Å². The van der Waals surface area contributed by atoms with Gasteiger partial charge in [-0.2, -0.15) is 0 Å². The van der Waals surface area contributed by atoms with E-state index in [1.165, 1.54) is 11.8 Å². The van der Waals surface area contributed by atoms with Crippen molar-refractivity contribution in [1.29, 1.82) is 0 Å². The quantitative estimate of drug-likeness (QED) is 0.666. The number of hydrogen-bond acceptors (Lipinski definition) is 7. The number of benzene rings is 1. The highest BCUT2D eigenvalue weighted by Crippen LogP contribution is 2.17. The molecule has 0 unspecified atom stereocenters. The summed E-state index contributed by atoms with van der Waals surface area (Å²) in [7, 11) is 0.